The van der Waals surface area contributed by atoms with Crippen molar-refractivity contribution in [2.24, 2.45) is 0 Å². The first kappa shape index (κ1) is 12.5. The Labute approximate surface area is 118 Å². The fourth-order valence-electron chi connectivity index (χ4n) is 2.85. The molecule has 2 aromatic rings. The molecule has 0 saturated carbocycles. The van der Waals surface area contributed by atoms with Gasteiger partial charge < -0.3 is 9.42 Å². The van der Waals surface area contributed by atoms with Crippen LogP contribution < -0.4 is 4.90 Å². The van der Waals surface area contributed by atoms with Crippen LogP contribution in [0.4, 0.5) is 5.88 Å². The van der Waals surface area contributed by atoms with Crippen molar-refractivity contribution in [3.8, 4) is 0 Å². The zero-order chi connectivity index (χ0) is 13.4. The normalized spacial score (nSPS) is 18.2. The first-order valence-electron chi connectivity index (χ1n) is 6.58. The van der Waals surface area contributed by atoms with Gasteiger partial charge in [0.1, 0.15) is 0 Å². The molecule has 3 nitrogen and oxygen atoms in total. The van der Waals surface area contributed by atoms with E-state index in [1.807, 2.05) is 37.2 Å². The molecule has 3 rings (SSSR count). The molecule has 1 atom stereocenters. The minimum atomic E-state index is 0.259. The highest BCUT2D eigenvalue weighted by Crippen LogP contribution is 2.41. The van der Waals surface area contributed by atoms with Crippen LogP contribution in [0.2, 0.25) is 5.02 Å². The summed E-state index contributed by atoms with van der Waals surface area (Å²) >= 11 is 6.32. The smallest absolute Gasteiger partial charge is 0.230 e. The monoisotopic (exact) mass is 276 g/mol. The number of aromatic nitrogens is 1. The molecule has 1 unspecified atom stereocenters. The fourth-order valence-corrected chi connectivity index (χ4v) is 3.12. The van der Waals surface area contributed by atoms with E-state index in [-0.39, 0.29) is 5.92 Å². The van der Waals surface area contributed by atoms with Crippen LogP contribution in [0.25, 0.3) is 0 Å². The van der Waals surface area contributed by atoms with Gasteiger partial charge in [-0.2, -0.15) is 0 Å². The quantitative estimate of drug-likeness (QED) is 0.834. The SMILES string of the molecule is CN(C)c1onc2c1CCCC2c1ccccc1Cl. The number of fused-ring (bicyclic) bond motifs is 1. The highest BCUT2D eigenvalue weighted by atomic mass is 35.5. The summed E-state index contributed by atoms with van der Waals surface area (Å²) in [5.41, 5.74) is 3.45. The van der Waals surface area contributed by atoms with Gasteiger partial charge in [-0.25, -0.2) is 0 Å². The standard InChI is InChI=1S/C15H17ClN2O/c1-18(2)15-12-8-5-7-11(14(12)17-19-15)10-6-3-4-9-13(10)16/h3-4,6,9,11H,5,7-8H2,1-2H3. The van der Waals surface area contributed by atoms with E-state index in [4.69, 9.17) is 16.1 Å². The van der Waals surface area contributed by atoms with Gasteiger partial charge in [0, 0.05) is 30.6 Å². The maximum absolute atomic E-state index is 6.32. The zero-order valence-electron chi connectivity index (χ0n) is 11.2. The predicted octanol–water partition coefficient (Wildman–Crippen LogP) is 3.86. The zero-order valence-corrected chi connectivity index (χ0v) is 11.9. The third kappa shape index (κ3) is 2.12. The summed E-state index contributed by atoms with van der Waals surface area (Å²) in [5.74, 6) is 1.14. The van der Waals surface area contributed by atoms with Crippen LogP contribution in [0.1, 0.15) is 35.6 Å². The number of hydrogen-bond acceptors (Lipinski definition) is 3. The lowest BCUT2D eigenvalue weighted by Crippen LogP contribution is -2.14. The second-order valence-electron chi connectivity index (χ2n) is 5.21. The molecule has 0 bridgehead atoms. The molecule has 1 aliphatic carbocycles. The lowest BCUT2D eigenvalue weighted by atomic mass is 9.83. The number of rotatable bonds is 2. The summed E-state index contributed by atoms with van der Waals surface area (Å²) in [5, 5.41) is 5.12. The van der Waals surface area contributed by atoms with Crippen LogP contribution in [0.5, 0.6) is 0 Å². The van der Waals surface area contributed by atoms with Crippen molar-refractivity contribution < 1.29 is 4.52 Å². The molecule has 1 aliphatic rings. The average molecular weight is 277 g/mol. The fraction of sp³-hybridized carbons (Fsp3) is 0.400. The molecule has 1 aromatic carbocycles. The minimum absolute atomic E-state index is 0.259. The topological polar surface area (TPSA) is 29.3 Å². The van der Waals surface area contributed by atoms with Crippen LogP contribution in [-0.4, -0.2) is 19.3 Å². The van der Waals surface area contributed by atoms with Crippen molar-refractivity contribution >= 4 is 17.5 Å². The highest BCUT2D eigenvalue weighted by Gasteiger charge is 2.30. The Bertz CT molecular complexity index is 592. The molecule has 1 aromatic heterocycles. The Morgan fingerprint density at radius 1 is 1.32 bits per heavy atom. The van der Waals surface area contributed by atoms with Crippen molar-refractivity contribution in [2.75, 3.05) is 19.0 Å². The number of nitrogens with zero attached hydrogens (tertiary/aromatic N) is 2. The maximum Gasteiger partial charge on any atom is 0.230 e. The van der Waals surface area contributed by atoms with Gasteiger partial charge in [-0.05, 0) is 30.9 Å². The molecule has 0 N–H and O–H groups in total. The van der Waals surface area contributed by atoms with Gasteiger partial charge in [-0.15, -0.1) is 0 Å². The Morgan fingerprint density at radius 3 is 2.84 bits per heavy atom. The Balaban J connectivity index is 2.06. The predicted molar refractivity (Wildman–Crippen MR) is 77.1 cm³/mol. The van der Waals surface area contributed by atoms with Crippen LogP contribution >= 0.6 is 11.6 Å². The minimum Gasteiger partial charge on any atom is -0.347 e. The Morgan fingerprint density at radius 2 is 2.11 bits per heavy atom. The summed E-state index contributed by atoms with van der Waals surface area (Å²) in [4.78, 5) is 1.99. The van der Waals surface area contributed by atoms with Crippen LogP contribution in [0, 0.1) is 0 Å². The van der Waals surface area contributed by atoms with Crippen molar-refractivity contribution in [1.29, 1.82) is 0 Å². The summed E-state index contributed by atoms with van der Waals surface area (Å²) in [7, 11) is 3.97. The molecule has 100 valence electrons. The summed E-state index contributed by atoms with van der Waals surface area (Å²) in [6.45, 7) is 0. The van der Waals surface area contributed by atoms with Crippen LogP contribution in [0.15, 0.2) is 28.8 Å². The second-order valence-corrected chi connectivity index (χ2v) is 5.62. The summed E-state index contributed by atoms with van der Waals surface area (Å²) in [6.07, 6.45) is 3.26. The third-order valence-corrected chi connectivity index (χ3v) is 4.08. The molecular formula is C15H17ClN2O. The lowest BCUT2D eigenvalue weighted by Gasteiger charge is -2.22. The van der Waals surface area contributed by atoms with Gasteiger partial charge in [-0.3, -0.25) is 0 Å². The van der Waals surface area contributed by atoms with Crippen LogP contribution in [-0.2, 0) is 6.42 Å². The largest absolute Gasteiger partial charge is 0.347 e. The number of anilines is 1. The van der Waals surface area contributed by atoms with E-state index in [0.29, 0.717) is 0 Å². The van der Waals surface area contributed by atoms with Crippen molar-refractivity contribution in [3.05, 3.63) is 46.1 Å². The average Bonchev–Trinajstić information content (AvgIpc) is 2.83. The van der Waals surface area contributed by atoms with Gasteiger partial charge in [-0.1, -0.05) is 35.0 Å². The van der Waals surface area contributed by atoms with Gasteiger partial charge in [0.25, 0.3) is 0 Å². The van der Waals surface area contributed by atoms with Crippen LogP contribution in [0.3, 0.4) is 0 Å². The molecule has 4 heteroatoms. The van der Waals surface area contributed by atoms with Gasteiger partial charge in [0.05, 0.1) is 5.69 Å². The first-order valence-corrected chi connectivity index (χ1v) is 6.96. The van der Waals surface area contributed by atoms with Gasteiger partial charge in [0.2, 0.25) is 5.88 Å². The lowest BCUT2D eigenvalue weighted by molar-refractivity contribution is 0.411. The van der Waals surface area contributed by atoms with E-state index in [0.717, 1.165) is 41.4 Å². The summed E-state index contributed by atoms with van der Waals surface area (Å²) in [6, 6.07) is 8.02. The highest BCUT2D eigenvalue weighted by molar-refractivity contribution is 6.31. The van der Waals surface area contributed by atoms with E-state index < -0.39 is 0 Å². The Hall–Kier alpha value is -1.48. The molecule has 0 fully saturated rings. The van der Waals surface area contributed by atoms with E-state index >= 15 is 0 Å². The summed E-state index contributed by atoms with van der Waals surface area (Å²) < 4.78 is 5.50. The molecule has 19 heavy (non-hydrogen) atoms. The van der Waals surface area contributed by atoms with Crippen molar-refractivity contribution in [1.82, 2.24) is 5.16 Å². The molecule has 0 radical (unpaired) electrons. The number of halogens is 1. The van der Waals surface area contributed by atoms with E-state index in [9.17, 15) is 0 Å². The van der Waals surface area contributed by atoms with E-state index in [1.165, 1.54) is 5.56 Å². The molecule has 0 saturated heterocycles. The van der Waals surface area contributed by atoms with Crippen molar-refractivity contribution in [2.45, 2.75) is 25.2 Å². The number of hydrogen-bond donors (Lipinski definition) is 0. The van der Waals surface area contributed by atoms with Gasteiger partial charge in [0.15, 0.2) is 0 Å². The Kier molecular flexibility index (Phi) is 3.23. The number of benzene rings is 1. The van der Waals surface area contributed by atoms with E-state index in [2.05, 4.69) is 11.2 Å². The maximum atomic E-state index is 6.32. The third-order valence-electron chi connectivity index (χ3n) is 3.73. The molecular weight excluding hydrogens is 260 g/mol. The molecule has 0 spiro atoms. The van der Waals surface area contributed by atoms with E-state index in [1.54, 1.807) is 0 Å². The van der Waals surface area contributed by atoms with Gasteiger partial charge >= 0.3 is 0 Å². The first-order chi connectivity index (χ1) is 9.18. The molecule has 0 aliphatic heterocycles. The second kappa shape index (κ2) is 4.89. The molecule has 0 amide bonds. The molecule has 1 heterocycles. The van der Waals surface area contributed by atoms with Crippen molar-refractivity contribution in [3.63, 3.8) is 0 Å².